The number of nitrogens with zero attached hydrogens (tertiary/aromatic N) is 2. The van der Waals surface area contributed by atoms with Gasteiger partial charge in [-0.25, -0.2) is 0 Å². The van der Waals surface area contributed by atoms with E-state index in [1.807, 2.05) is 12.1 Å². The lowest BCUT2D eigenvalue weighted by molar-refractivity contribution is 0.580. The Morgan fingerprint density at radius 3 is 2.00 bits per heavy atom. The van der Waals surface area contributed by atoms with Gasteiger partial charge in [0, 0.05) is 6.42 Å². The average Bonchev–Trinajstić information content (AvgIpc) is 2.29. The van der Waals surface area contributed by atoms with Gasteiger partial charge in [0.15, 0.2) is 0 Å². The van der Waals surface area contributed by atoms with E-state index in [2.05, 4.69) is 38.1 Å². The van der Waals surface area contributed by atoms with Crippen LogP contribution in [0.2, 0.25) is 0 Å². The predicted octanol–water partition coefficient (Wildman–Crippen LogP) is 3.41. The molecule has 16 heavy (non-hydrogen) atoms. The summed E-state index contributed by atoms with van der Waals surface area (Å²) in [5, 5.41) is 17.8. The fourth-order valence-electron chi connectivity index (χ4n) is 1.53. The van der Waals surface area contributed by atoms with Gasteiger partial charge in [-0.2, -0.15) is 10.5 Å². The molecule has 0 aliphatic heterocycles. The van der Waals surface area contributed by atoms with Crippen molar-refractivity contribution in [2.24, 2.45) is 5.41 Å². The van der Waals surface area contributed by atoms with Gasteiger partial charge in [0.1, 0.15) is 5.41 Å². The minimum absolute atomic E-state index is 0.484. The Morgan fingerprint density at radius 1 is 1.12 bits per heavy atom. The monoisotopic (exact) mass is 212 g/mol. The van der Waals surface area contributed by atoms with Gasteiger partial charge < -0.3 is 0 Å². The van der Waals surface area contributed by atoms with Crippen LogP contribution in [0.5, 0.6) is 0 Å². The highest BCUT2D eigenvalue weighted by molar-refractivity contribution is 5.28. The Hall–Kier alpha value is -1.80. The van der Waals surface area contributed by atoms with Crippen molar-refractivity contribution < 1.29 is 0 Å². The van der Waals surface area contributed by atoms with Gasteiger partial charge in [-0.05, 0) is 24.0 Å². The van der Waals surface area contributed by atoms with Crippen LogP contribution in [0.4, 0.5) is 0 Å². The van der Waals surface area contributed by atoms with Crippen LogP contribution in [0, 0.1) is 28.1 Å². The summed E-state index contributed by atoms with van der Waals surface area (Å²) in [7, 11) is 0. The maximum absolute atomic E-state index is 8.92. The second-order valence-corrected chi connectivity index (χ2v) is 4.63. The molecule has 0 aliphatic rings. The molecule has 0 spiro atoms. The van der Waals surface area contributed by atoms with Crippen molar-refractivity contribution in [1.82, 2.24) is 0 Å². The third-order valence-electron chi connectivity index (χ3n) is 2.70. The molecule has 1 aromatic carbocycles. The molecule has 0 N–H and O–H groups in total. The van der Waals surface area contributed by atoms with E-state index in [4.69, 9.17) is 10.5 Å². The highest BCUT2D eigenvalue weighted by Gasteiger charge is 2.23. The fourth-order valence-corrected chi connectivity index (χ4v) is 1.53. The molecule has 0 heterocycles. The van der Waals surface area contributed by atoms with E-state index in [1.54, 1.807) is 6.92 Å². The minimum Gasteiger partial charge on any atom is -0.197 e. The lowest BCUT2D eigenvalue weighted by atomic mass is 9.86. The van der Waals surface area contributed by atoms with Gasteiger partial charge >= 0.3 is 0 Å². The first kappa shape index (κ1) is 12.3. The van der Waals surface area contributed by atoms with E-state index in [9.17, 15) is 0 Å². The molecule has 0 aromatic heterocycles. The number of hydrogen-bond donors (Lipinski definition) is 0. The van der Waals surface area contributed by atoms with Crippen molar-refractivity contribution in [2.75, 3.05) is 0 Å². The Morgan fingerprint density at radius 2 is 1.62 bits per heavy atom. The average molecular weight is 212 g/mol. The van der Waals surface area contributed by atoms with Crippen LogP contribution in [0.3, 0.4) is 0 Å². The molecular weight excluding hydrogens is 196 g/mol. The Labute approximate surface area is 97.1 Å². The summed E-state index contributed by atoms with van der Waals surface area (Å²) in [5.74, 6) is 0.507. The molecular formula is C14H16N2. The highest BCUT2D eigenvalue weighted by atomic mass is 14.4. The van der Waals surface area contributed by atoms with Gasteiger partial charge in [-0.3, -0.25) is 0 Å². The number of hydrogen-bond acceptors (Lipinski definition) is 2. The van der Waals surface area contributed by atoms with Crippen LogP contribution < -0.4 is 0 Å². The molecule has 82 valence electrons. The Kier molecular flexibility index (Phi) is 3.69. The van der Waals surface area contributed by atoms with Crippen LogP contribution in [0.15, 0.2) is 24.3 Å². The van der Waals surface area contributed by atoms with Crippen molar-refractivity contribution in [2.45, 2.75) is 33.1 Å². The van der Waals surface area contributed by atoms with E-state index in [-0.39, 0.29) is 0 Å². The summed E-state index contributed by atoms with van der Waals surface area (Å²) in [6, 6.07) is 12.2. The van der Waals surface area contributed by atoms with Gasteiger partial charge in [-0.1, -0.05) is 38.1 Å². The second-order valence-electron chi connectivity index (χ2n) is 4.63. The fraction of sp³-hybridized carbons (Fsp3) is 0.429. The Balaban J connectivity index is 2.86. The molecule has 0 amide bonds. The number of nitriles is 2. The van der Waals surface area contributed by atoms with E-state index >= 15 is 0 Å². The normalized spacial score (nSPS) is 10.9. The molecule has 0 bridgehead atoms. The van der Waals surface area contributed by atoms with Crippen molar-refractivity contribution in [3.05, 3.63) is 35.4 Å². The van der Waals surface area contributed by atoms with Crippen molar-refractivity contribution in [3.63, 3.8) is 0 Å². The zero-order valence-electron chi connectivity index (χ0n) is 9.99. The SMILES string of the molecule is CC(C)c1ccc(CC(C)(C#N)C#N)cc1. The first-order valence-corrected chi connectivity index (χ1v) is 5.42. The quantitative estimate of drug-likeness (QED) is 0.770. The molecule has 2 nitrogen and oxygen atoms in total. The first-order valence-electron chi connectivity index (χ1n) is 5.42. The highest BCUT2D eigenvalue weighted by Crippen LogP contribution is 2.22. The second kappa shape index (κ2) is 4.81. The zero-order chi connectivity index (χ0) is 12.2. The molecule has 0 saturated heterocycles. The molecule has 0 atom stereocenters. The summed E-state index contributed by atoms with van der Waals surface area (Å²) in [6.07, 6.45) is 0.484. The predicted molar refractivity (Wildman–Crippen MR) is 63.6 cm³/mol. The molecule has 0 fully saturated rings. The van der Waals surface area contributed by atoms with Crippen molar-refractivity contribution >= 4 is 0 Å². The summed E-state index contributed by atoms with van der Waals surface area (Å²) in [4.78, 5) is 0. The van der Waals surface area contributed by atoms with Crippen LogP contribution in [-0.4, -0.2) is 0 Å². The van der Waals surface area contributed by atoms with E-state index in [0.29, 0.717) is 12.3 Å². The maximum Gasteiger partial charge on any atom is 0.145 e. The molecule has 0 aliphatic carbocycles. The topological polar surface area (TPSA) is 47.6 Å². The Bertz CT molecular complexity index is 415. The lowest BCUT2D eigenvalue weighted by Gasteiger charge is -2.13. The van der Waals surface area contributed by atoms with Crippen LogP contribution in [-0.2, 0) is 6.42 Å². The smallest absolute Gasteiger partial charge is 0.145 e. The van der Waals surface area contributed by atoms with Gasteiger partial charge in [0.05, 0.1) is 12.1 Å². The van der Waals surface area contributed by atoms with Gasteiger partial charge in [0.25, 0.3) is 0 Å². The molecule has 2 heteroatoms. The number of rotatable bonds is 3. The van der Waals surface area contributed by atoms with Crippen LogP contribution in [0.1, 0.15) is 37.8 Å². The summed E-state index contributed by atoms with van der Waals surface area (Å²) in [5.41, 5.74) is 1.40. The summed E-state index contributed by atoms with van der Waals surface area (Å²) < 4.78 is 0. The van der Waals surface area contributed by atoms with Gasteiger partial charge in [-0.15, -0.1) is 0 Å². The number of benzene rings is 1. The standard InChI is InChI=1S/C14H16N2/c1-11(2)13-6-4-12(5-7-13)8-14(3,9-15)10-16/h4-7,11H,8H2,1-3H3. The molecule has 1 aromatic rings. The van der Waals surface area contributed by atoms with Crippen molar-refractivity contribution in [1.29, 1.82) is 10.5 Å². The molecule has 0 saturated carbocycles. The van der Waals surface area contributed by atoms with Gasteiger partial charge in [0.2, 0.25) is 0 Å². The lowest BCUT2D eigenvalue weighted by Crippen LogP contribution is -2.14. The van der Waals surface area contributed by atoms with E-state index < -0.39 is 5.41 Å². The van der Waals surface area contributed by atoms with Crippen LogP contribution >= 0.6 is 0 Å². The third kappa shape index (κ3) is 2.84. The van der Waals surface area contributed by atoms with Crippen molar-refractivity contribution in [3.8, 4) is 12.1 Å². The zero-order valence-corrected chi connectivity index (χ0v) is 9.99. The minimum atomic E-state index is -0.917. The summed E-state index contributed by atoms with van der Waals surface area (Å²) >= 11 is 0. The first-order chi connectivity index (χ1) is 7.50. The largest absolute Gasteiger partial charge is 0.197 e. The third-order valence-corrected chi connectivity index (χ3v) is 2.70. The molecule has 0 unspecified atom stereocenters. The maximum atomic E-state index is 8.92. The molecule has 0 radical (unpaired) electrons. The van der Waals surface area contributed by atoms with E-state index in [1.165, 1.54) is 5.56 Å². The summed E-state index contributed by atoms with van der Waals surface area (Å²) in [6.45, 7) is 5.96. The van der Waals surface area contributed by atoms with Crippen LogP contribution in [0.25, 0.3) is 0 Å². The van der Waals surface area contributed by atoms with E-state index in [0.717, 1.165) is 5.56 Å². The molecule has 1 rings (SSSR count).